The molecular weight excluding hydrogens is 220 g/mol. The predicted octanol–water partition coefficient (Wildman–Crippen LogP) is 3.83. The van der Waals surface area contributed by atoms with E-state index in [4.69, 9.17) is 0 Å². The molecule has 3 rings (SSSR count). The van der Waals surface area contributed by atoms with Gasteiger partial charge in [0, 0.05) is 24.8 Å². The molecule has 0 aliphatic heterocycles. The molecule has 18 heavy (non-hydrogen) atoms. The van der Waals surface area contributed by atoms with Gasteiger partial charge in [-0.2, -0.15) is 0 Å². The SMILES string of the molecule is CN=C/C=C\c1ccc2cccnc2c1C1CC1. The molecule has 1 saturated carbocycles. The minimum atomic E-state index is 0.696. The summed E-state index contributed by atoms with van der Waals surface area (Å²) < 4.78 is 0. The van der Waals surface area contributed by atoms with E-state index in [0.29, 0.717) is 5.92 Å². The molecular formula is C16H16N2. The maximum absolute atomic E-state index is 4.56. The molecule has 1 aliphatic carbocycles. The van der Waals surface area contributed by atoms with Crippen molar-refractivity contribution in [3.05, 3.63) is 47.7 Å². The number of hydrogen-bond acceptors (Lipinski definition) is 2. The Morgan fingerprint density at radius 2 is 2.17 bits per heavy atom. The molecule has 0 radical (unpaired) electrons. The number of pyridine rings is 1. The van der Waals surface area contributed by atoms with Crippen LogP contribution in [0.2, 0.25) is 0 Å². The first-order valence-corrected chi connectivity index (χ1v) is 6.36. The Balaban J connectivity index is 2.16. The molecule has 90 valence electrons. The summed E-state index contributed by atoms with van der Waals surface area (Å²) in [6.07, 6.45) is 10.4. The van der Waals surface area contributed by atoms with Gasteiger partial charge in [0.1, 0.15) is 0 Å². The monoisotopic (exact) mass is 236 g/mol. The zero-order valence-electron chi connectivity index (χ0n) is 10.5. The first kappa shape index (κ1) is 11.1. The van der Waals surface area contributed by atoms with Crippen molar-refractivity contribution in [2.24, 2.45) is 4.99 Å². The van der Waals surface area contributed by atoms with E-state index in [2.05, 4.69) is 34.3 Å². The standard InChI is InChI=1S/C16H16N2/c1-17-10-2-4-12-8-9-14-5-3-11-18-16(14)15(12)13-6-7-13/h2-5,8-11,13H,6-7H2,1H3/b4-2-,17-10?. The van der Waals surface area contributed by atoms with Crippen LogP contribution in [0.5, 0.6) is 0 Å². The van der Waals surface area contributed by atoms with Gasteiger partial charge in [-0.3, -0.25) is 9.98 Å². The van der Waals surface area contributed by atoms with E-state index in [1.807, 2.05) is 24.6 Å². The summed E-state index contributed by atoms with van der Waals surface area (Å²) in [6, 6.07) is 8.47. The molecule has 1 aromatic heterocycles. The van der Waals surface area contributed by atoms with Gasteiger partial charge in [-0.25, -0.2) is 0 Å². The smallest absolute Gasteiger partial charge is 0.0742 e. The molecule has 1 fully saturated rings. The van der Waals surface area contributed by atoms with Gasteiger partial charge in [0.15, 0.2) is 0 Å². The maximum atomic E-state index is 4.56. The second-order valence-corrected chi connectivity index (χ2v) is 4.68. The molecule has 0 amide bonds. The lowest BCUT2D eigenvalue weighted by Gasteiger charge is -2.08. The van der Waals surface area contributed by atoms with Crippen molar-refractivity contribution >= 4 is 23.2 Å². The van der Waals surface area contributed by atoms with Crippen LogP contribution in [0.25, 0.3) is 17.0 Å². The highest BCUT2D eigenvalue weighted by atomic mass is 14.7. The summed E-state index contributed by atoms with van der Waals surface area (Å²) in [5, 5.41) is 1.24. The largest absolute Gasteiger partial charge is 0.297 e. The number of benzene rings is 1. The third-order valence-electron chi connectivity index (χ3n) is 3.34. The Hall–Kier alpha value is -1.96. The Labute approximate surface area is 107 Å². The Bertz CT molecular complexity index is 622. The minimum Gasteiger partial charge on any atom is -0.297 e. The number of hydrogen-bond donors (Lipinski definition) is 0. The normalized spacial score (nSPS) is 16.1. The van der Waals surface area contributed by atoms with Crippen molar-refractivity contribution in [1.29, 1.82) is 0 Å². The molecule has 2 heteroatoms. The number of aliphatic imine (C=N–C) groups is 1. The number of allylic oxidation sites excluding steroid dienone is 1. The second-order valence-electron chi connectivity index (χ2n) is 4.68. The van der Waals surface area contributed by atoms with Gasteiger partial charge >= 0.3 is 0 Å². The van der Waals surface area contributed by atoms with Gasteiger partial charge in [-0.15, -0.1) is 0 Å². The van der Waals surface area contributed by atoms with E-state index >= 15 is 0 Å². The molecule has 1 aliphatic rings. The second kappa shape index (κ2) is 4.73. The fraction of sp³-hybridized carbons (Fsp3) is 0.250. The highest BCUT2D eigenvalue weighted by Gasteiger charge is 2.27. The highest BCUT2D eigenvalue weighted by Crippen LogP contribution is 2.44. The fourth-order valence-corrected chi connectivity index (χ4v) is 2.36. The molecule has 0 atom stereocenters. The third kappa shape index (κ3) is 2.06. The van der Waals surface area contributed by atoms with Crippen LogP contribution in [0.4, 0.5) is 0 Å². The topological polar surface area (TPSA) is 25.2 Å². The number of rotatable bonds is 3. The van der Waals surface area contributed by atoms with Crippen LogP contribution in [0.15, 0.2) is 41.5 Å². The molecule has 0 unspecified atom stereocenters. The van der Waals surface area contributed by atoms with E-state index in [-0.39, 0.29) is 0 Å². The van der Waals surface area contributed by atoms with Crippen molar-refractivity contribution in [2.75, 3.05) is 7.05 Å². The Morgan fingerprint density at radius 1 is 1.28 bits per heavy atom. The van der Waals surface area contributed by atoms with Crippen molar-refractivity contribution < 1.29 is 0 Å². The molecule has 2 aromatic rings. The maximum Gasteiger partial charge on any atom is 0.0742 e. The third-order valence-corrected chi connectivity index (χ3v) is 3.34. The van der Waals surface area contributed by atoms with E-state index < -0.39 is 0 Å². The summed E-state index contributed by atoms with van der Waals surface area (Å²) in [6.45, 7) is 0. The lowest BCUT2D eigenvalue weighted by atomic mass is 9.99. The summed E-state index contributed by atoms with van der Waals surface area (Å²) in [5.74, 6) is 0.696. The Kier molecular flexibility index (Phi) is 2.93. The summed E-state index contributed by atoms with van der Waals surface area (Å²) in [7, 11) is 1.79. The summed E-state index contributed by atoms with van der Waals surface area (Å²) in [4.78, 5) is 8.54. The number of aromatic nitrogens is 1. The van der Waals surface area contributed by atoms with E-state index in [1.165, 1.54) is 29.4 Å². The average Bonchev–Trinajstić information content (AvgIpc) is 3.23. The average molecular weight is 236 g/mol. The predicted molar refractivity (Wildman–Crippen MR) is 77.2 cm³/mol. The molecule has 1 aromatic carbocycles. The summed E-state index contributed by atoms with van der Waals surface area (Å²) in [5.41, 5.74) is 3.85. The van der Waals surface area contributed by atoms with Gasteiger partial charge in [-0.1, -0.05) is 24.3 Å². The van der Waals surface area contributed by atoms with E-state index in [1.54, 1.807) is 7.05 Å². The molecule has 0 bridgehead atoms. The van der Waals surface area contributed by atoms with E-state index in [0.717, 1.165) is 5.52 Å². The molecule has 2 nitrogen and oxygen atoms in total. The lowest BCUT2D eigenvalue weighted by molar-refractivity contribution is 1.13. The van der Waals surface area contributed by atoms with Gasteiger partial charge in [-0.05, 0) is 42.0 Å². The van der Waals surface area contributed by atoms with Crippen molar-refractivity contribution in [2.45, 2.75) is 18.8 Å². The van der Waals surface area contributed by atoms with E-state index in [9.17, 15) is 0 Å². The van der Waals surface area contributed by atoms with Gasteiger partial charge in [0.05, 0.1) is 5.52 Å². The summed E-state index contributed by atoms with van der Waals surface area (Å²) >= 11 is 0. The molecule has 1 heterocycles. The van der Waals surface area contributed by atoms with Gasteiger partial charge in [0.25, 0.3) is 0 Å². The number of fused-ring (bicyclic) bond motifs is 1. The first-order chi connectivity index (χ1) is 8.90. The van der Waals surface area contributed by atoms with Gasteiger partial charge in [0.2, 0.25) is 0 Å². The molecule has 0 N–H and O–H groups in total. The van der Waals surface area contributed by atoms with Gasteiger partial charge < -0.3 is 0 Å². The van der Waals surface area contributed by atoms with Crippen molar-refractivity contribution in [3.8, 4) is 0 Å². The molecule has 0 saturated heterocycles. The minimum absolute atomic E-state index is 0.696. The zero-order chi connectivity index (χ0) is 12.4. The quantitative estimate of drug-likeness (QED) is 0.743. The van der Waals surface area contributed by atoms with Crippen LogP contribution >= 0.6 is 0 Å². The Morgan fingerprint density at radius 3 is 2.94 bits per heavy atom. The van der Waals surface area contributed by atoms with Crippen LogP contribution in [-0.2, 0) is 0 Å². The number of nitrogens with zero attached hydrogens (tertiary/aromatic N) is 2. The lowest BCUT2D eigenvalue weighted by Crippen LogP contribution is -1.91. The fourth-order valence-electron chi connectivity index (χ4n) is 2.36. The van der Waals surface area contributed by atoms with Crippen LogP contribution < -0.4 is 0 Å². The first-order valence-electron chi connectivity index (χ1n) is 6.36. The van der Waals surface area contributed by atoms with Crippen molar-refractivity contribution in [1.82, 2.24) is 4.98 Å². The van der Waals surface area contributed by atoms with Crippen LogP contribution in [0, 0.1) is 0 Å². The van der Waals surface area contributed by atoms with Crippen LogP contribution in [0.3, 0.4) is 0 Å². The van der Waals surface area contributed by atoms with Crippen molar-refractivity contribution in [3.63, 3.8) is 0 Å². The molecule has 0 spiro atoms. The highest BCUT2D eigenvalue weighted by molar-refractivity contribution is 5.88. The van der Waals surface area contributed by atoms with Crippen LogP contribution in [-0.4, -0.2) is 18.2 Å². The zero-order valence-corrected chi connectivity index (χ0v) is 10.5. The van der Waals surface area contributed by atoms with Crippen LogP contribution in [0.1, 0.15) is 29.9 Å².